The number of hydrogen-bond acceptors (Lipinski definition) is 6. The number of carbonyl (C=O) groups is 1. The summed E-state index contributed by atoms with van der Waals surface area (Å²) in [4.78, 5) is 15.3. The summed E-state index contributed by atoms with van der Waals surface area (Å²) in [6, 6.07) is 14.8. The number of hydrogen-bond donors (Lipinski definition) is 0. The summed E-state index contributed by atoms with van der Waals surface area (Å²) in [7, 11) is 0. The van der Waals surface area contributed by atoms with Gasteiger partial charge in [-0.15, -0.1) is 11.3 Å². The fraction of sp³-hybridized carbons (Fsp3) is 0.182. The van der Waals surface area contributed by atoms with Crippen LogP contribution in [0.5, 0.6) is 17.2 Å². The van der Waals surface area contributed by atoms with Crippen LogP contribution in [0.3, 0.4) is 0 Å². The maximum atomic E-state index is 11.9. The Morgan fingerprint density at radius 3 is 2.48 bits per heavy atom. The van der Waals surface area contributed by atoms with E-state index >= 15 is 0 Å². The lowest BCUT2D eigenvalue weighted by atomic mass is 10.1. The topological polar surface area (TPSA) is 58.4 Å². The van der Waals surface area contributed by atoms with Crippen LogP contribution in [0.15, 0.2) is 59.3 Å². The molecule has 6 nitrogen and oxygen atoms in total. The predicted molar refractivity (Wildman–Crippen MR) is 109 cm³/mol. The van der Waals surface area contributed by atoms with Crippen molar-refractivity contribution in [3.05, 3.63) is 70.7 Å². The van der Waals surface area contributed by atoms with E-state index in [1.807, 2.05) is 35.0 Å². The van der Waals surface area contributed by atoms with E-state index in [1.165, 1.54) is 11.3 Å². The highest BCUT2D eigenvalue weighted by atomic mass is 32.1. The van der Waals surface area contributed by atoms with Crippen molar-refractivity contribution in [1.82, 2.24) is 0 Å². The molecule has 7 heteroatoms. The molecule has 1 atom stereocenters. The number of benzene rings is 2. The standard InChI is InChI=1S/C22H17NO5S/c1-23-17-6-2-15(3-7-17)16-4-8-18(9-5-16)25-12-22(24)27-11-19-10-26-20-13-29-14-21(20)28-19/h2-9,13-14,19H,10-12H2. The summed E-state index contributed by atoms with van der Waals surface area (Å²) in [5.41, 5.74) is 2.61. The third-order valence-electron chi connectivity index (χ3n) is 4.28. The lowest BCUT2D eigenvalue weighted by Gasteiger charge is -2.24. The smallest absolute Gasteiger partial charge is 0.344 e. The summed E-state index contributed by atoms with van der Waals surface area (Å²) in [5, 5.41) is 3.73. The molecule has 3 aromatic rings. The molecule has 0 amide bonds. The van der Waals surface area contributed by atoms with E-state index in [2.05, 4.69) is 4.85 Å². The molecule has 2 aromatic carbocycles. The Kier molecular flexibility index (Phi) is 5.63. The average Bonchev–Trinajstić information content (AvgIpc) is 3.24. The predicted octanol–water partition coefficient (Wildman–Crippen LogP) is 4.73. The van der Waals surface area contributed by atoms with Crippen LogP contribution in [0.1, 0.15) is 0 Å². The normalized spacial score (nSPS) is 14.7. The van der Waals surface area contributed by atoms with Crippen molar-refractivity contribution in [2.24, 2.45) is 0 Å². The Morgan fingerprint density at radius 2 is 1.76 bits per heavy atom. The second-order valence-electron chi connectivity index (χ2n) is 6.31. The van der Waals surface area contributed by atoms with E-state index < -0.39 is 5.97 Å². The van der Waals surface area contributed by atoms with Crippen LogP contribution in [0.25, 0.3) is 16.0 Å². The number of fused-ring (bicyclic) bond motifs is 1. The van der Waals surface area contributed by atoms with Crippen LogP contribution in [0, 0.1) is 6.57 Å². The van der Waals surface area contributed by atoms with Gasteiger partial charge in [-0.1, -0.05) is 36.4 Å². The zero-order valence-electron chi connectivity index (χ0n) is 15.4. The maximum Gasteiger partial charge on any atom is 0.344 e. The highest BCUT2D eigenvalue weighted by Gasteiger charge is 2.23. The minimum Gasteiger partial charge on any atom is -0.485 e. The molecular formula is C22H17NO5S. The highest BCUT2D eigenvalue weighted by molar-refractivity contribution is 7.08. The Bertz CT molecular complexity index is 1020. The van der Waals surface area contributed by atoms with Crippen molar-refractivity contribution < 1.29 is 23.7 Å². The van der Waals surface area contributed by atoms with Crippen LogP contribution in [0.4, 0.5) is 5.69 Å². The minimum absolute atomic E-state index is 0.108. The third-order valence-corrected chi connectivity index (χ3v) is 4.98. The minimum atomic E-state index is -0.469. The Morgan fingerprint density at radius 1 is 1.07 bits per heavy atom. The number of rotatable bonds is 6. The summed E-state index contributed by atoms with van der Waals surface area (Å²) < 4.78 is 22.0. The molecule has 4 rings (SSSR count). The number of esters is 1. The Hall–Kier alpha value is -3.50. The first kappa shape index (κ1) is 18.8. The second-order valence-corrected chi connectivity index (χ2v) is 7.05. The monoisotopic (exact) mass is 407 g/mol. The number of carbonyl (C=O) groups excluding carboxylic acids is 1. The van der Waals surface area contributed by atoms with Crippen LogP contribution in [-0.2, 0) is 9.53 Å². The van der Waals surface area contributed by atoms with Crippen LogP contribution >= 0.6 is 11.3 Å². The first-order valence-corrected chi connectivity index (χ1v) is 9.87. The van der Waals surface area contributed by atoms with E-state index in [-0.39, 0.29) is 19.3 Å². The molecule has 2 heterocycles. The summed E-state index contributed by atoms with van der Waals surface area (Å²) in [6.07, 6.45) is -0.324. The van der Waals surface area contributed by atoms with E-state index in [1.54, 1.807) is 24.3 Å². The fourth-order valence-corrected chi connectivity index (χ4v) is 3.46. The van der Waals surface area contributed by atoms with Gasteiger partial charge in [-0.2, -0.15) is 0 Å². The van der Waals surface area contributed by atoms with Gasteiger partial charge >= 0.3 is 5.97 Å². The van der Waals surface area contributed by atoms with Crippen molar-refractivity contribution in [3.8, 4) is 28.4 Å². The lowest BCUT2D eigenvalue weighted by molar-refractivity contribution is -0.149. The summed E-state index contributed by atoms with van der Waals surface area (Å²) in [5.74, 6) is 1.52. The van der Waals surface area contributed by atoms with Gasteiger partial charge in [0.05, 0.1) is 6.57 Å². The highest BCUT2D eigenvalue weighted by Crippen LogP contribution is 2.35. The zero-order valence-corrected chi connectivity index (χ0v) is 16.2. The molecule has 0 saturated carbocycles. The molecule has 0 saturated heterocycles. The Labute approximate surface area is 172 Å². The fourth-order valence-electron chi connectivity index (χ4n) is 2.79. The van der Waals surface area contributed by atoms with Crippen LogP contribution in [0.2, 0.25) is 0 Å². The first-order valence-electron chi connectivity index (χ1n) is 8.93. The molecule has 0 radical (unpaired) electrons. The van der Waals surface area contributed by atoms with Gasteiger partial charge in [-0.25, -0.2) is 9.64 Å². The molecule has 0 N–H and O–H groups in total. The first-order chi connectivity index (χ1) is 14.2. The van der Waals surface area contributed by atoms with Gasteiger partial charge in [-0.3, -0.25) is 0 Å². The van der Waals surface area contributed by atoms with Gasteiger partial charge in [0.25, 0.3) is 0 Å². The number of ether oxygens (including phenoxy) is 4. The molecule has 0 fully saturated rings. The molecule has 0 bridgehead atoms. The van der Waals surface area contributed by atoms with Crippen LogP contribution < -0.4 is 14.2 Å². The number of nitrogens with zero attached hydrogens (tertiary/aromatic N) is 1. The number of thiophene rings is 1. The Balaban J connectivity index is 1.23. The van der Waals surface area contributed by atoms with Gasteiger partial charge in [0.15, 0.2) is 29.9 Å². The van der Waals surface area contributed by atoms with Crippen molar-refractivity contribution in [2.75, 3.05) is 19.8 Å². The van der Waals surface area contributed by atoms with Gasteiger partial charge in [0.2, 0.25) is 0 Å². The van der Waals surface area contributed by atoms with Gasteiger partial charge in [0, 0.05) is 10.8 Å². The van der Waals surface area contributed by atoms with Crippen LogP contribution in [-0.4, -0.2) is 31.9 Å². The summed E-state index contributed by atoms with van der Waals surface area (Å²) in [6.45, 7) is 7.26. The molecular weight excluding hydrogens is 390 g/mol. The third kappa shape index (κ3) is 4.68. The van der Waals surface area contributed by atoms with Crippen molar-refractivity contribution >= 4 is 23.0 Å². The largest absolute Gasteiger partial charge is 0.485 e. The molecule has 146 valence electrons. The van der Waals surface area contributed by atoms with Gasteiger partial charge in [0.1, 0.15) is 19.0 Å². The SMILES string of the molecule is [C-]#[N+]c1ccc(-c2ccc(OCC(=O)OCC3COc4cscc4O3)cc2)cc1. The van der Waals surface area contributed by atoms with E-state index in [4.69, 9.17) is 25.5 Å². The van der Waals surface area contributed by atoms with Gasteiger partial charge < -0.3 is 18.9 Å². The van der Waals surface area contributed by atoms with Crippen molar-refractivity contribution in [3.63, 3.8) is 0 Å². The van der Waals surface area contributed by atoms with E-state index in [0.29, 0.717) is 23.8 Å². The molecule has 1 aliphatic heterocycles. The molecule has 1 aromatic heterocycles. The van der Waals surface area contributed by atoms with E-state index in [9.17, 15) is 4.79 Å². The van der Waals surface area contributed by atoms with E-state index in [0.717, 1.165) is 16.9 Å². The molecule has 29 heavy (non-hydrogen) atoms. The quantitative estimate of drug-likeness (QED) is 0.437. The summed E-state index contributed by atoms with van der Waals surface area (Å²) >= 11 is 1.50. The zero-order chi connectivity index (χ0) is 20.1. The molecule has 0 spiro atoms. The maximum absolute atomic E-state index is 11.9. The van der Waals surface area contributed by atoms with Gasteiger partial charge in [-0.05, 0) is 23.3 Å². The lowest BCUT2D eigenvalue weighted by Crippen LogP contribution is -2.34. The molecule has 1 unspecified atom stereocenters. The average molecular weight is 407 g/mol. The second kappa shape index (κ2) is 8.67. The van der Waals surface area contributed by atoms with Crippen molar-refractivity contribution in [2.45, 2.75) is 6.10 Å². The molecule has 0 aliphatic carbocycles. The molecule has 1 aliphatic rings. The van der Waals surface area contributed by atoms with Crippen molar-refractivity contribution in [1.29, 1.82) is 0 Å².